The molecule has 1 rings (SSSR count). The van der Waals surface area contributed by atoms with E-state index in [4.69, 9.17) is 27.9 Å². The van der Waals surface area contributed by atoms with Crippen molar-refractivity contribution in [1.29, 1.82) is 0 Å². The van der Waals surface area contributed by atoms with Crippen LogP contribution in [0.5, 0.6) is 0 Å². The Morgan fingerprint density at radius 2 is 2.00 bits per heavy atom. The summed E-state index contributed by atoms with van der Waals surface area (Å²) in [6.45, 7) is 1.85. The van der Waals surface area contributed by atoms with Crippen molar-refractivity contribution in [3.05, 3.63) is 33.8 Å². The molecule has 0 aromatic heterocycles. The molecule has 0 aliphatic carbocycles. The van der Waals surface area contributed by atoms with Crippen LogP contribution in [-0.4, -0.2) is 37.0 Å². The molecule has 0 spiro atoms. The topological polar surface area (TPSA) is 46.6 Å². The normalized spacial score (nSPS) is 10.0. The first-order valence-electron chi connectivity index (χ1n) is 5.32. The van der Waals surface area contributed by atoms with Crippen LogP contribution < -0.4 is 0 Å². The third kappa shape index (κ3) is 3.62. The van der Waals surface area contributed by atoms with Crippen LogP contribution in [0.1, 0.15) is 17.3 Å². The molecule has 0 aliphatic heterocycles. The maximum atomic E-state index is 12.0. The largest absolute Gasteiger partial charge is 0.465 e. The molecule has 0 aliphatic rings. The van der Waals surface area contributed by atoms with Crippen molar-refractivity contribution in [1.82, 2.24) is 4.90 Å². The number of esters is 1. The second kappa shape index (κ2) is 6.61. The highest BCUT2D eigenvalue weighted by Gasteiger charge is 2.19. The zero-order chi connectivity index (χ0) is 13.7. The van der Waals surface area contributed by atoms with E-state index in [0.29, 0.717) is 5.02 Å². The van der Waals surface area contributed by atoms with Gasteiger partial charge in [-0.05, 0) is 19.1 Å². The van der Waals surface area contributed by atoms with Gasteiger partial charge in [0.15, 0.2) is 0 Å². The minimum absolute atomic E-state index is 0.129. The quantitative estimate of drug-likeness (QED) is 0.801. The number of hydrogen-bond acceptors (Lipinski definition) is 3. The monoisotopic (exact) mass is 289 g/mol. The lowest BCUT2D eigenvalue weighted by atomic mass is 10.2. The first kappa shape index (κ1) is 14.8. The van der Waals surface area contributed by atoms with Crippen molar-refractivity contribution in [3.63, 3.8) is 0 Å². The molecule has 1 amide bonds. The first-order chi connectivity index (χ1) is 8.47. The van der Waals surface area contributed by atoms with Gasteiger partial charge in [0, 0.05) is 7.05 Å². The minimum atomic E-state index is -0.466. The Labute approximate surface area is 115 Å². The molecular weight excluding hydrogens is 277 g/mol. The van der Waals surface area contributed by atoms with E-state index in [2.05, 4.69) is 0 Å². The molecule has 6 heteroatoms. The third-order valence-electron chi connectivity index (χ3n) is 2.20. The predicted octanol–water partition coefficient (Wildman–Crippen LogP) is 2.63. The molecule has 1 aromatic rings. The SMILES string of the molecule is CCOC(=O)CN(C)C(=O)c1cccc(Cl)c1Cl. The molecule has 4 nitrogen and oxygen atoms in total. The van der Waals surface area contributed by atoms with E-state index in [1.54, 1.807) is 25.1 Å². The molecule has 0 fully saturated rings. The molecule has 18 heavy (non-hydrogen) atoms. The van der Waals surface area contributed by atoms with Crippen LogP contribution in [0.15, 0.2) is 18.2 Å². The van der Waals surface area contributed by atoms with Crippen molar-refractivity contribution in [2.45, 2.75) is 6.92 Å². The van der Waals surface area contributed by atoms with Crippen LogP contribution in [0.3, 0.4) is 0 Å². The van der Waals surface area contributed by atoms with Gasteiger partial charge in [-0.15, -0.1) is 0 Å². The first-order valence-corrected chi connectivity index (χ1v) is 6.08. The number of nitrogens with zero attached hydrogens (tertiary/aromatic N) is 1. The number of amides is 1. The van der Waals surface area contributed by atoms with Gasteiger partial charge in [-0.25, -0.2) is 0 Å². The number of halogens is 2. The number of benzene rings is 1. The Kier molecular flexibility index (Phi) is 5.44. The standard InChI is InChI=1S/C12H13Cl2NO3/c1-3-18-10(16)7-15(2)12(17)8-5-4-6-9(13)11(8)14/h4-6H,3,7H2,1-2H3. The second-order valence-electron chi connectivity index (χ2n) is 3.57. The molecule has 0 saturated carbocycles. The molecule has 0 heterocycles. The van der Waals surface area contributed by atoms with Crippen LogP contribution >= 0.6 is 23.2 Å². The number of likely N-dealkylation sites (N-methyl/N-ethyl adjacent to an activating group) is 1. The van der Waals surface area contributed by atoms with Crippen LogP contribution in [-0.2, 0) is 9.53 Å². The van der Waals surface area contributed by atoms with Crippen molar-refractivity contribution in [3.8, 4) is 0 Å². The lowest BCUT2D eigenvalue weighted by molar-refractivity contribution is -0.143. The molecule has 0 N–H and O–H groups in total. The third-order valence-corrected chi connectivity index (χ3v) is 3.02. The van der Waals surface area contributed by atoms with Gasteiger partial charge in [0.05, 0.1) is 22.2 Å². The summed E-state index contributed by atoms with van der Waals surface area (Å²) in [6.07, 6.45) is 0. The zero-order valence-corrected chi connectivity index (χ0v) is 11.6. The van der Waals surface area contributed by atoms with Crippen molar-refractivity contribution in [2.24, 2.45) is 0 Å². The molecule has 0 bridgehead atoms. The minimum Gasteiger partial charge on any atom is -0.465 e. The second-order valence-corrected chi connectivity index (χ2v) is 4.35. The van der Waals surface area contributed by atoms with Gasteiger partial charge in [0.2, 0.25) is 0 Å². The summed E-state index contributed by atoms with van der Waals surface area (Å²) in [5.74, 6) is -0.845. The fourth-order valence-corrected chi connectivity index (χ4v) is 1.73. The highest BCUT2D eigenvalue weighted by atomic mass is 35.5. The van der Waals surface area contributed by atoms with Crippen LogP contribution in [0, 0.1) is 0 Å². The van der Waals surface area contributed by atoms with Gasteiger partial charge in [-0.3, -0.25) is 9.59 Å². The summed E-state index contributed by atoms with van der Waals surface area (Å²) < 4.78 is 4.76. The fourth-order valence-electron chi connectivity index (χ4n) is 1.35. The summed E-state index contributed by atoms with van der Waals surface area (Å²) in [5, 5.41) is 0.479. The summed E-state index contributed by atoms with van der Waals surface area (Å²) >= 11 is 11.8. The van der Waals surface area contributed by atoms with E-state index in [-0.39, 0.29) is 29.6 Å². The Morgan fingerprint density at radius 3 is 2.61 bits per heavy atom. The van der Waals surface area contributed by atoms with Gasteiger partial charge < -0.3 is 9.64 Å². The molecule has 0 radical (unpaired) electrons. The lowest BCUT2D eigenvalue weighted by Gasteiger charge is -2.17. The Bertz CT molecular complexity index is 463. The molecular formula is C12H13Cl2NO3. The van der Waals surface area contributed by atoms with Crippen LogP contribution in [0.4, 0.5) is 0 Å². The number of carbonyl (C=O) groups excluding carboxylic acids is 2. The summed E-state index contributed by atoms with van der Waals surface area (Å²) in [4.78, 5) is 24.5. The summed E-state index contributed by atoms with van der Waals surface area (Å²) in [5.41, 5.74) is 0.260. The smallest absolute Gasteiger partial charge is 0.325 e. The van der Waals surface area contributed by atoms with E-state index >= 15 is 0 Å². The maximum absolute atomic E-state index is 12.0. The van der Waals surface area contributed by atoms with Crippen molar-refractivity contribution < 1.29 is 14.3 Å². The molecule has 0 unspecified atom stereocenters. The van der Waals surface area contributed by atoms with Gasteiger partial charge in [0.1, 0.15) is 6.54 Å². The Hall–Kier alpha value is -1.26. The molecule has 0 atom stereocenters. The van der Waals surface area contributed by atoms with Gasteiger partial charge in [-0.2, -0.15) is 0 Å². The summed E-state index contributed by atoms with van der Waals surface area (Å²) in [6, 6.07) is 4.77. The predicted molar refractivity (Wildman–Crippen MR) is 70.1 cm³/mol. The number of ether oxygens (including phenoxy) is 1. The van der Waals surface area contributed by atoms with Gasteiger partial charge in [0.25, 0.3) is 5.91 Å². The van der Waals surface area contributed by atoms with Gasteiger partial charge in [-0.1, -0.05) is 29.3 Å². The average Bonchev–Trinajstić information content (AvgIpc) is 2.32. The van der Waals surface area contributed by atoms with Crippen molar-refractivity contribution in [2.75, 3.05) is 20.2 Å². The lowest BCUT2D eigenvalue weighted by Crippen LogP contribution is -2.33. The Morgan fingerprint density at radius 1 is 1.33 bits per heavy atom. The van der Waals surface area contributed by atoms with Crippen LogP contribution in [0.2, 0.25) is 10.0 Å². The van der Waals surface area contributed by atoms with E-state index in [1.165, 1.54) is 11.9 Å². The Balaban J connectivity index is 2.81. The highest BCUT2D eigenvalue weighted by molar-refractivity contribution is 6.43. The molecule has 98 valence electrons. The highest BCUT2D eigenvalue weighted by Crippen LogP contribution is 2.26. The van der Waals surface area contributed by atoms with E-state index in [1.807, 2.05) is 0 Å². The van der Waals surface area contributed by atoms with E-state index in [0.717, 1.165) is 0 Å². The van der Waals surface area contributed by atoms with Gasteiger partial charge >= 0.3 is 5.97 Å². The number of carbonyl (C=O) groups is 2. The zero-order valence-electron chi connectivity index (χ0n) is 10.1. The number of rotatable bonds is 4. The number of hydrogen-bond donors (Lipinski definition) is 0. The molecule has 0 saturated heterocycles. The fraction of sp³-hybridized carbons (Fsp3) is 0.333. The average molecular weight is 290 g/mol. The van der Waals surface area contributed by atoms with Crippen molar-refractivity contribution >= 4 is 35.1 Å². The van der Waals surface area contributed by atoms with E-state index < -0.39 is 5.97 Å². The van der Waals surface area contributed by atoms with Crippen LogP contribution in [0.25, 0.3) is 0 Å². The maximum Gasteiger partial charge on any atom is 0.325 e. The molecule has 1 aromatic carbocycles. The summed E-state index contributed by atoms with van der Waals surface area (Å²) in [7, 11) is 1.50. The van der Waals surface area contributed by atoms with E-state index in [9.17, 15) is 9.59 Å².